The number of hydrogen-bond acceptors (Lipinski definition) is 3. The number of allylic oxidation sites excluding steroid dienone is 1. The molecule has 0 N–H and O–H groups in total. The second-order valence-electron chi connectivity index (χ2n) is 4.69. The number of Topliss-reactive ketones (excluding diaryl/α,β-unsaturated/α-hetero) is 1. The van der Waals surface area contributed by atoms with E-state index in [0.717, 1.165) is 44.6 Å². The Labute approximate surface area is 130 Å². The first-order valence-corrected chi connectivity index (χ1v) is 8.01. The summed E-state index contributed by atoms with van der Waals surface area (Å²) in [7, 11) is 1.65. The van der Waals surface area contributed by atoms with Crippen LogP contribution in [0.4, 0.5) is 0 Å². The molecule has 0 aliphatic heterocycles. The monoisotopic (exact) mass is 348 g/mol. The van der Waals surface area contributed by atoms with Crippen LogP contribution in [0.3, 0.4) is 0 Å². The molecule has 1 aliphatic rings. The lowest BCUT2D eigenvalue weighted by Crippen LogP contribution is -2.14. The summed E-state index contributed by atoms with van der Waals surface area (Å²) < 4.78 is 6.27. The van der Waals surface area contributed by atoms with Crippen LogP contribution in [0.5, 0.6) is 5.75 Å². The molecule has 4 heteroatoms. The molecule has 0 fully saturated rings. The predicted octanol–water partition coefficient (Wildman–Crippen LogP) is 4.73. The fourth-order valence-electron chi connectivity index (χ4n) is 2.39. The predicted molar refractivity (Wildman–Crippen MR) is 85.6 cm³/mol. The highest BCUT2D eigenvalue weighted by Gasteiger charge is 2.22. The van der Waals surface area contributed by atoms with Gasteiger partial charge < -0.3 is 4.74 Å². The number of carbonyl (C=O) groups excluding carboxylic acids is 1. The van der Waals surface area contributed by atoms with Crippen molar-refractivity contribution in [3.63, 3.8) is 0 Å². The minimum atomic E-state index is 0.137. The normalized spacial score (nSPS) is 16.3. The van der Waals surface area contributed by atoms with Crippen molar-refractivity contribution in [2.75, 3.05) is 7.11 Å². The SMILES string of the molecule is COc1ccc2c(c1)CC/C(=C\c1cc(Br)cs1)C2=O. The molecule has 2 nitrogen and oxygen atoms in total. The molecule has 3 rings (SSSR count). The molecule has 20 heavy (non-hydrogen) atoms. The van der Waals surface area contributed by atoms with Gasteiger partial charge >= 0.3 is 0 Å². The lowest BCUT2D eigenvalue weighted by atomic mass is 9.86. The summed E-state index contributed by atoms with van der Waals surface area (Å²) in [5.41, 5.74) is 2.77. The van der Waals surface area contributed by atoms with Crippen molar-refractivity contribution < 1.29 is 9.53 Å². The van der Waals surface area contributed by atoms with Gasteiger partial charge in [-0.3, -0.25) is 4.79 Å². The number of rotatable bonds is 2. The van der Waals surface area contributed by atoms with Crippen molar-refractivity contribution >= 4 is 39.1 Å². The molecular weight excluding hydrogens is 336 g/mol. The molecule has 0 amide bonds. The fourth-order valence-corrected chi connectivity index (χ4v) is 3.80. The van der Waals surface area contributed by atoms with Gasteiger partial charge in [0.15, 0.2) is 5.78 Å². The molecule has 102 valence electrons. The van der Waals surface area contributed by atoms with Crippen LogP contribution < -0.4 is 4.74 Å². The maximum Gasteiger partial charge on any atom is 0.189 e. The second kappa shape index (κ2) is 5.54. The van der Waals surface area contributed by atoms with E-state index in [9.17, 15) is 4.79 Å². The van der Waals surface area contributed by atoms with Gasteiger partial charge in [0.25, 0.3) is 0 Å². The number of benzene rings is 1. The van der Waals surface area contributed by atoms with E-state index in [1.807, 2.05) is 35.7 Å². The van der Waals surface area contributed by atoms with Crippen LogP contribution in [0.1, 0.15) is 27.2 Å². The maximum atomic E-state index is 12.5. The van der Waals surface area contributed by atoms with Crippen molar-refractivity contribution in [1.82, 2.24) is 0 Å². The van der Waals surface area contributed by atoms with Crippen LogP contribution >= 0.6 is 27.3 Å². The minimum Gasteiger partial charge on any atom is -0.497 e. The summed E-state index contributed by atoms with van der Waals surface area (Å²) in [6.45, 7) is 0. The van der Waals surface area contributed by atoms with E-state index in [-0.39, 0.29) is 5.78 Å². The molecule has 1 aromatic heterocycles. The zero-order valence-corrected chi connectivity index (χ0v) is 13.4. The molecule has 0 bridgehead atoms. The summed E-state index contributed by atoms with van der Waals surface area (Å²) in [5.74, 6) is 0.949. The van der Waals surface area contributed by atoms with Crippen LogP contribution in [-0.4, -0.2) is 12.9 Å². The molecule has 0 atom stereocenters. The van der Waals surface area contributed by atoms with Gasteiger partial charge in [-0.15, -0.1) is 11.3 Å². The molecule has 0 saturated carbocycles. The number of halogens is 1. The third-order valence-electron chi connectivity index (χ3n) is 3.42. The first-order valence-electron chi connectivity index (χ1n) is 6.33. The molecule has 1 aromatic carbocycles. The first-order chi connectivity index (χ1) is 9.67. The molecule has 0 unspecified atom stereocenters. The van der Waals surface area contributed by atoms with Gasteiger partial charge in [0.05, 0.1) is 7.11 Å². The smallest absolute Gasteiger partial charge is 0.189 e. The average molecular weight is 349 g/mol. The van der Waals surface area contributed by atoms with E-state index < -0.39 is 0 Å². The summed E-state index contributed by atoms with van der Waals surface area (Å²) in [4.78, 5) is 13.6. The summed E-state index contributed by atoms with van der Waals surface area (Å²) in [5, 5.41) is 2.03. The van der Waals surface area contributed by atoms with E-state index in [1.54, 1.807) is 18.4 Å². The lowest BCUT2D eigenvalue weighted by molar-refractivity contribution is 0.102. The number of methoxy groups -OCH3 is 1. The van der Waals surface area contributed by atoms with Gasteiger partial charge in [0.2, 0.25) is 0 Å². The maximum absolute atomic E-state index is 12.5. The van der Waals surface area contributed by atoms with Crippen molar-refractivity contribution in [3.05, 3.63) is 55.7 Å². The Bertz CT molecular complexity index is 700. The molecule has 1 heterocycles. The van der Waals surface area contributed by atoms with Gasteiger partial charge in [-0.25, -0.2) is 0 Å². The van der Waals surface area contributed by atoms with E-state index in [2.05, 4.69) is 15.9 Å². The van der Waals surface area contributed by atoms with E-state index in [4.69, 9.17) is 4.74 Å². The zero-order chi connectivity index (χ0) is 14.1. The highest BCUT2D eigenvalue weighted by molar-refractivity contribution is 9.10. The minimum absolute atomic E-state index is 0.137. The van der Waals surface area contributed by atoms with Crippen molar-refractivity contribution in [2.45, 2.75) is 12.8 Å². The molecule has 0 spiro atoms. The summed E-state index contributed by atoms with van der Waals surface area (Å²) >= 11 is 5.07. The van der Waals surface area contributed by atoms with Gasteiger partial charge in [0.1, 0.15) is 5.75 Å². The molecule has 2 aromatic rings. The number of ether oxygens (including phenoxy) is 1. The van der Waals surface area contributed by atoms with Gasteiger partial charge in [-0.1, -0.05) is 0 Å². The Morgan fingerprint density at radius 2 is 2.15 bits per heavy atom. The molecule has 0 saturated heterocycles. The van der Waals surface area contributed by atoms with Crippen LogP contribution in [0.15, 0.2) is 39.7 Å². The van der Waals surface area contributed by atoms with E-state index in [0.29, 0.717) is 0 Å². The molecule has 1 aliphatic carbocycles. The number of carbonyl (C=O) groups is 1. The number of aryl methyl sites for hydroxylation is 1. The highest BCUT2D eigenvalue weighted by atomic mass is 79.9. The topological polar surface area (TPSA) is 26.3 Å². The Balaban J connectivity index is 1.95. The molecule has 0 radical (unpaired) electrons. The van der Waals surface area contributed by atoms with Crippen molar-refractivity contribution in [2.24, 2.45) is 0 Å². The van der Waals surface area contributed by atoms with Crippen LogP contribution in [0.25, 0.3) is 6.08 Å². The van der Waals surface area contributed by atoms with Crippen molar-refractivity contribution in [3.8, 4) is 5.75 Å². The van der Waals surface area contributed by atoms with E-state index >= 15 is 0 Å². The highest BCUT2D eigenvalue weighted by Crippen LogP contribution is 2.30. The zero-order valence-electron chi connectivity index (χ0n) is 11.0. The third kappa shape index (κ3) is 2.58. The number of ketones is 1. The first kappa shape index (κ1) is 13.6. The standard InChI is InChI=1S/C16H13BrO2S/c1-19-13-4-5-15-10(6-13)2-3-11(16(15)18)7-14-8-12(17)9-20-14/h4-9H,2-3H2,1H3/b11-7+. The number of fused-ring (bicyclic) bond motifs is 1. The quantitative estimate of drug-likeness (QED) is 0.733. The Morgan fingerprint density at radius 1 is 1.30 bits per heavy atom. The summed E-state index contributed by atoms with van der Waals surface area (Å²) in [6, 6.07) is 7.72. The Hall–Kier alpha value is -1.39. The van der Waals surface area contributed by atoms with E-state index in [1.165, 1.54) is 0 Å². The molecular formula is C16H13BrO2S. The van der Waals surface area contributed by atoms with Crippen LogP contribution in [0.2, 0.25) is 0 Å². The second-order valence-corrected chi connectivity index (χ2v) is 6.55. The average Bonchev–Trinajstić information content (AvgIpc) is 2.87. The number of thiophene rings is 1. The van der Waals surface area contributed by atoms with Gasteiger partial charge in [-0.2, -0.15) is 0 Å². The third-order valence-corrected chi connectivity index (χ3v) is 5.06. The lowest BCUT2D eigenvalue weighted by Gasteiger charge is -2.18. The van der Waals surface area contributed by atoms with Crippen LogP contribution in [-0.2, 0) is 6.42 Å². The van der Waals surface area contributed by atoms with Gasteiger partial charge in [0, 0.05) is 25.9 Å². The Morgan fingerprint density at radius 3 is 2.85 bits per heavy atom. The summed E-state index contributed by atoms with van der Waals surface area (Å²) in [6.07, 6.45) is 3.68. The largest absolute Gasteiger partial charge is 0.497 e. The van der Waals surface area contributed by atoms with Gasteiger partial charge in [-0.05, 0) is 64.7 Å². The van der Waals surface area contributed by atoms with Crippen molar-refractivity contribution in [1.29, 1.82) is 0 Å². The Kier molecular flexibility index (Phi) is 3.76. The fraction of sp³-hybridized carbons (Fsp3) is 0.188. The number of hydrogen-bond donors (Lipinski definition) is 0. The van der Waals surface area contributed by atoms with Crippen LogP contribution in [0, 0.1) is 0 Å².